The fourth-order valence-corrected chi connectivity index (χ4v) is 10.6. The second kappa shape index (κ2) is 64.2. The van der Waals surface area contributed by atoms with Crippen molar-refractivity contribution in [2.24, 2.45) is 0 Å². The Morgan fingerprint density at radius 2 is 0.403 bits per heavy atom. The normalized spacial score (nSPS) is 12.0. The van der Waals surface area contributed by atoms with E-state index in [0.717, 1.165) is 38.5 Å². The third-order valence-electron chi connectivity index (χ3n) is 15.7. The van der Waals surface area contributed by atoms with Crippen molar-refractivity contribution in [3.05, 3.63) is 0 Å². The van der Waals surface area contributed by atoms with E-state index in [1.54, 1.807) is 0 Å². The maximum Gasteiger partial charge on any atom is 0.305 e. The van der Waals surface area contributed by atoms with Gasteiger partial charge in [0.2, 0.25) is 0 Å². The number of rotatable bonds is 64. The molecule has 0 N–H and O–H groups in total. The summed E-state index contributed by atoms with van der Waals surface area (Å²) in [5.74, 6) is -0.298. The Kier molecular flexibility index (Phi) is 63.2. The molecule has 430 valence electrons. The summed E-state index contributed by atoms with van der Waals surface area (Å²) in [4.78, 5) is 25.5. The molecule has 1 unspecified atom stereocenters. The van der Waals surface area contributed by atoms with Crippen LogP contribution in [0.2, 0.25) is 0 Å². The Morgan fingerprint density at radius 1 is 0.236 bits per heavy atom. The van der Waals surface area contributed by atoms with Gasteiger partial charge in [0, 0.05) is 19.4 Å². The largest absolute Gasteiger partial charge is 0.463 e. The van der Waals surface area contributed by atoms with Gasteiger partial charge in [-0.2, -0.15) is 0 Å². The molecule has 0 aliphatic carbocycles. The van der Waals surface area contributed by atoms with Crippen LogP contribution >= 0.6 is 0 Å². The standard InChI is InChI=1S/C67H132O5/c1-4-7-10-13-16-19-22-25-28-31-33-34-36-38-40-43-46-49-52-55-58-61-67(69)72-64-65(70-62-59-56-53-50-47-44-41-30-27-24-21-18-15-12-9-6-3)63-71-66(68)60-57-54-51-48-45-42-39-37-35-32-29-26-23-20-17-14-11-8-5-2/h65H,4-64H2,1-3H3. The van der Waals surface area contributed by atoms with Crippen molar-refractivity contribution >= 4 is 11.9 Å². The van der Waals surface area contributed by atoms with Gasteiger partial charge in [0.25, 0.3) is 0 Å². The summed E-state index contributed by atoms with van der Waals surface area (Å²) in [6, 6.07) is 0. The maximum atomic E-state index is 12.7. The lowest BCUT2D eigenvalue weighted by molar-refractivity contribution is -0.155. The minimum Gasteiger partial charge on any atom is -0.463 e. The molecule has 0 heterocycles. The number of unbranched alkanes of at least 4 members (excludes halogenated alkanes) is 53. The van der Waals surface area contributed by atoms with Crippen molar-refractivity contribution < 1.29 is 23.8 Å². The molecule has 1 atom stereocenters. The first-order valence-corrected chi connectivity index (χ1v) is 33.6. The lowest BCUT2D eigenvalue weighted by atomic mass is 10.0. The van der Waals surface area contributed by atoms with Crippen LogP contribution in [0.4, 0.5) is 0 Å². The van der Waals surface area contributed by atoms with Crippen LogP contribution in [0, 0.1) is 0 Å². The van der Waals surface area contributed by atoms with Crippen molar-refractivity contribution in [3.8, 4) is 0 Å². The van der Waals surface area contributed by atoms with Crippen LogP contribution in [0.3, 0.4) is 0 Å². The Balaban J connectivity index is 4.14. The molecule has 0 aromatic rings. The fourth-order valence-electron chi connectivity index (χ4n) is 10.6. The third-order valence-corrected chi connectivity index (χ3v) is 15.7. The van der Waals surface area contributed by atoms with Crippen molar-refractivity contribution in [3.63, 3.8) is 0 Å². The lowest BCUT2D eigenvalue weighted by Gasteiger charge is -2.18. The van der Waals surface area contributed by atoms with E-state index in [-0.39, 0.29) is 31.3 Å². The quantitative estimate of drug-likeness (QED) is 0.0449. The Morgan fingerprint density at radius 3 is 0.597 bits per heavy atom. The van der Waals surface area contributed by atoms with E-state index in [2.05, 4.69) is 20.8 Å². The number of esters is 2. The predicted molar refractivity (Wildman–Crippen MR) is 316 cm³/mol. The summed E-state index contributed by atoms with van der Waals surface area (Å²) in [5, 5.41) is 0. The smallest absolute Gasteiger partial charge is 0.305 e. The van der Waals surface area contributed by atoms with Crippen molar-refractivity contribution in [1.82, 2.24) is 0 Å². The second-order valence-electron chi connectivity index (χ2n) is 23.1. The van der Waals surface area contributed by atoms with E-state index in [1.165, 1.54) is 321 Å². The number of ether oxygens (including phenoxy) is 3. The van der Waals surface area contributed by atoms with E-state index in [1.807, 2.05) is 0 Å². The van der Waals surface area contributed by atoms with Crippen molar-refractivity contribution in [1.29, 1.82) is 0 Å². The molecule has 5 nitrogen and oxygen atoms in total. The topological polar surface area (TPSA) is 61.8 Å². The number of hydrogen-bond donors (Lipinski definition) is 0. The zero-order valence-corrected chi connectivity index (χ0v) is 49.8. The molecular weight excluding hydrogens is 885 g/mol. The van der Waals surface area contributed by atoms with E-state index in [0.29, 0.717) is 19.4 Å². The van der Waals surface area contributed by atoms with Gasteiger partial charge in [-0.25, -0.2) is 0 Å². The Bertz CT molecular complexity index is 1010. The van der Waals surface area contributed by atoms with Crippen LogP contribution in [0.1, 0.15) is 393 Å². The molecule has 0 radical (unpaired) electrons. The monoisotopic (exact) mass is 1020 g/mol. The number of carbonyl (C=O) groups is 2. The molecule has 0 aliphatic heterocycles. The molecule has 0 fully saturated rings. The van der Waals surface area contributed by atoms with Gasteiger partial charge in [-0.15, -0.1) is 0 Å². The molecule has 0 aromatic carbocycles. The summed E-state index contributed by atoms with van der Waals surface area (Å²) in [7, 11) is 0. The first kappa shape index (κ1) is 70.9. The SMILES string of the molecule is CCCCCCCCCCCCCCCCCCCCCCCC(=O)OCC(COC(=O)CCCCCCCCCCCCCCCCCCCCC)OCCCCCCCCCCCCCCCCCC. The van der Waals surface area contributed by atoms with Gasteiger partial charge in [-0.3, -0.25) is 9.59 Å². The highest BCUT2D eigenvalue weighted by atomic mass is 16.6. The molecule has 5 heteroatoms. The summed E-state index contributed by atoms with van der Waals surface area (Å²) in [5.41, 5.74) is 0. The van der Waals surface area contributed by atoms with Crippen LogP contribution < -0.4 is 0 Å². The van der Waals surface area contributed by atoms with Gasteiger partial charge >= 0.3 is 11.9 Å². The van der Waals surface area contributed by atoms with Crippen molar-refractivity contribution in [2.75, 3.05) is 19.8 Å². The van der Waals surface area contributed by atoms with Crippen LogP contribution in [0.5, 0.6) is 0 Å². The summed E-state index contributed by atoms with van der Waals surface area (Å²) >= 11 is 0. The first-order valence-electron chi connectivity index (χ1n) is 33.6. The molecule has 0 amide bonds. The van der Waals surface area contributed by atoms with Gasteiger partial charge in [-0.05, 0) is 19.3 Å². The first-order chi connectivity index (χ1) is 35.6. The zero-order valence-electron chi connectivity index (χ0n) is 49.8. The number of hydrogen-bond acceptors (Lipinski definition) is 5. The molecule has 0 rings (SSSR count). The van der Waals surface area contributed by atoms with Crippen LogP contribution in [-0.2, 0) is 23.8 Å². The minimum absolute atomic E-state index is 0.149. The highest BCUT2D eigenvalue weighted by Gasteiger charge is 2.16. The van der Waals surface area contributed by atoms with E-state index in [9.17, 15) is 9.59 Å². The molecule has 0 saturated heterocycles. The van der Waals surface area contributed by atoms with Gasteiger partial charge in [0.15, 0.2) is 0 Å². The van der Waals surface area contributed by atoms with Crippen LogP contribution in [-0.4, -0.2) is 37.9 Å². The molecule has 0 bridgehead atoms. The van der Waals surface area contributed by atoms with E-state index in [4.69, 9.17) is 14.2 Å². The highest BCUT2D eigenvalue weighted by molar-refractivity contribution is 5.69. The van der Waals surface area contributed by atoms with Gasteiger partial charge in [0.05, 0.1) is 0 Å². The van der Waals surface area contributed by atoms with Crippen LogP contribution in [0.15, 0.2) is 0 Å². The lowest BCUT2D eigenvalue weighted by Crippen LogP contribution is -2.29. The van der Waals surface area contributed by atoms with E-state index < -0.39 is 0 Å². The molecule has 0 aliphatic rings. The predicted octanol–water partition coefficient (Wildman–Crippen LogP) is 23.1. The molecule has 0 aromatic heterocycles. The Labute approximate surface area is 452 Å². The average Bonchev–Trinajstić information content (AvgIpc) is 3.38. The molecular formula is C67H132O5. The molecule has 72 heavy (non-hydrogen) atoms. The van der Waals surface area contributed by atoms with Gasteiger partial charge < -0.3 is 14.2 Å². The molecule has 0 spiro atoms. The average molecular weight is 1020 g/mol. The summed E-state index contributed by atoms with van der Waals surface area (Å²) in [6.45, 7) is 7.85. The maximum absolute atomic E-state index is 12.7. The fraction of sp³-hybridized carbons (Fsp3) is 0.970. The van der Waals surface area contributed by atoms with Crippen LogP contribution in [0.25, 0.3) is 0 Å². The van der Waals surface area contributed by atoms with Gasteiger partial charge in [-0.1, -0.05) is 361 Å². The molecule has 0 saturated carbocycles. The van der Waals surface area contributed by atoms with E-state index >= 15 is 0 Å². The van der Waals surface area contributed by atoms with Gasteiger partial charge in [0.1, 0.15) is 19.3 Å². The third kappa shape index (κ3) is 61.4. The Hall–Kier alpha value is -1.10. The summed E-state index contributed by atoms with van der Waals surface area (Å²) in [6.07, 6.45) is 76.0. The number of carbonyl (C=O) groups excluding carboxylic acids is 2. The summed E-state index contributed by atoms with van der Waals surface area (Å²) < 4.78 is 17.6. The minimum atomic E-state index is -0.390. The highest BCUT2D eigenvalue weighted by Crippen LogP contribution is 2.19. The van der Waals surface area contributed by atoms with Crippen molar-refractivity contribution in [2.45, 2.75) is 399 Å². The second-order valence-corrected chi connectivity index (χ2v) is 23.1. The zero-order chi connectivity index (χ0) is 52.0.